The molecule has 0 unspecified atom stereocenters. The van der Waals surface area contributed by atoms with Crippen molar-refractivity contribution in [3.63, 3.8) is 0 Å². The summed E-state index contributed by atoms with van der Waals surface area (Å²) in [6.07, 6.45) is 9.51. The molecule has 0 aliphatic heterocycles. The number of halogens is 2. The zero-order chi connectivity index (χ0) is 48.2. The number of unbranched alkanes of at least 4 members (excludes halogenated alkanes) is 2. The van der Waals surface area contributed by atoms with Crippen LogP contribution < -0.4 is 0 Å². The van der Waals surface area contributed by atoms with Crippen LogP contribution in [0, 0.1) is 0 Å². The maximum atomic E-state index is 4.93. The van der Waals surface area contributed by atoms with E-state index in [1.807, 2.05) is 0 Å². The minimum absolute atomic E-state index is 0.134. The van der Waals surface area contributed by atoms with Crippen LogP contribution in [0.2, 0.25) is 13.1 Å². The molecule has 0 heterocycles. The fourth-order valence-electron chi connectivity index (χ4n) is 8.38. The van der Waals surface area contributed by atoms with Crippen molar-refractivity contribution in [3.05, 3.63) is 129 Å². The van der Waals surface area contributed by atoms with Crippen molar-refractivity contribution < 1.29 is 20.8 Å². The molecule has 0 aliphatic rings. The number of hydrogen-bond donors (Lipinski definition) is 0. The summed E-state index contributed by atoms with van der Waals surface area (Å²) in [6.45, 7) is 41.3. The summed E-state index contributed by atoms with van der Waals surface area (Å²) in [7, 11) is 11.0. The Kier molecular flexibility index (Phi) is 21.7. The van der Waals surface area contributed by atoms with Gasteiger partial charge in [0.15, 0.2) is 0 Å². The fraction of sp³-hybridized carbons (Fsp3) is 0.500. The van der Waals surface area contributed by atoms with Crippen molar-refractivity contribution in [2.45, 2.75) is 197 Å². The van der Waals surface area contributed by atoms with Gasteiger partial charge in [-0.15, -0.1) is 69.1 Å². The quantitative estimate of drug-likeness (QED) is 0.0948. The molecule has 0 bridgehead atoms. The Labute approximate surface area is 414 Å². The first-order valence-electron chi connectivity index (χ1n) is 24.2. The summed E-state index contributed by atoms with van der Waals surface area (Å²) in [5, 5.41) is 5.64. The molecule has 6 aromatic carbocycles. The molecule has 0 nitrogen and oxygen atoms in total. The molecular weight excluding hydrogens is 911 g/mol. The molecule has 0 atom stereocenters. The van der Waals surface area contributed by atoms with E-state index in [-0.39, 0.29) is 21.7 Å². The summed E-state index contributed by atoms with van der Waals surface area (Å²) >= 11 is -0.826. The normalized spacial score (nSPS) is 11.9. The Bertz CT molecular complexity index is 2130. The van der Waals surface area contributed by atoms with Gasteiger partial charge in [-0.2, -0.15) is 12.1 Å². The van der Waals surface area contributed by atoms with Crippen LogP contribution in [0.5, 0.6) is 0 Å². The van der Waals surface area contributed by atoms with Gasteiger partial charge in [0, 0.05) is 9.52 Å². The van der Waals surface area contributed by atoms with Gasteiger partial charge in [0.1, 0.15) is 0 Å². The Morgan fingerprint density at radius 1 is 0.469 bits per heavy atom. The van der Waals surface area contributed by atoms with E-state index in [9.17, 15) is 0 Å². The summed E-state index contributed by atoms with van der Waals surface area (Å²) in [5.41, 5.74) is 17.8. The molecule has 0 N–H and O–H groups in total. The first-order chi connectivity index (χ1) is 29.9. The standard InChI is InChI=1S/2C29H39.C2H6Si.2ClH.Zr/c2*1-9-11-12-20-15-22-14-13-21(10-2)27(26(22)16-20)23-17-24(28(3,4)5)19-25(18-23)29(6,7)8;1-3-2;;;/h2*13-19H,9-12H2,1-8H3;1-2H3;2*1H;/q2*-1;;;;+4/p-2. The third-order valence-corrected chi connectivity index (χ3v) is 12.4. The van der Waals surface area contributed by atoms with Crippen LogP contribution in [-0.2, 0) is 68.2 Å². The van der Waals surface area contributed by atoms with Gasteiger partial charge in [0.05, 0.1) is 0 Å². The van der Waals surface area contributed by atoms with E-state index < -0.39 is 20.8 Å². The second-order valence-corrected chi connectivity index (χ2v) is 26.7. The molecule has 4 heteroatoms. The van der Waals surface area contributed by atoms with Gasteiger partial charge in [-0.25, -0.2) is 0 Å². The van der Waals surface area contributed by atoms with Crippen LogP contribution >= 0.6 is 17.0 Å². The van der Waals surface area contributed by atoms with E-state index in [0.29, 0.717) is 0 Å². The molecule has 0 fully saturated rings. The predicted molar refractivity (Wildman–Crippen MR) is 290 cm³/mol. The number of aryl methyl sites for hydroxylation is 4. The van der Waals surface area contributed by atoms with Crippen molar-refractivity contribution in [2.24, 2.45) is 0 Å². The van der Waals surface area contributed by atoms with Crippen molar-refractivity contribution in [3.8, 4) is 22.3 Å². The average Bonchev–Trinajstić information content (AvgIpc) is 3.84. The SMILES string of the molecule is CCCCc1cc2c(-c3cc(C(C)(C)C)cc(C(C)(C)C)c3)c(CC)ccc2[cH-]1.CCCCc1cc2c(-c3cc(C(C)(C)C)cc(C(C)(C)C)c3)c(CC)ccc2[cH-]1.C[Si]C.[Cl][Zr+2][Cl]. The van der Waals surface area contributed by atoms with Crippen LogP contribution in [-0.4, -0.2) is 9.52 Å². The second-order valence-electron chi connectivity index (χ2n) is 22.0. The topological polar surface area (TPSA) is 0 Å². The number of benzene rings is 4. The predicted octanol–water partition coefficient (Wildman–Crippen LogP) is 19.6. The van der Waals surface area contributed by atoms with E-state index in [0.717, 1.165) is 22.4 Å². The average molecular weight is 996 g/mol. The number of rotatable bonds is 10. The van der Waals surface area contributed by atoms with Gasteiger partial charge in [-0.05, 0) is 80.7 Å². The van der Waals surface area contributed by atoms with E-state index in [1.54, 1.807) is 0 Å². The van der Waals surface area contributed by atoms with Gasteiger partial charge < -0.3 is 0 Å². The molecule has 0 spiro atoms. The Hall–Kier alpha value is -2.22. The minimum atomic E-state index is -0.826. The van der Waals surface area contributed by atoms with Crippen LogP contribution in [0.25, 0.3) is 43.8 Å². The van der Waals surface area contributed by atoms with Crippen molar-refractivity contribution in [2.75, 3.05) is 0 Å². The van der Waals surface area contributed by atoms with Crippen LogP contribution in [0.1, 0.15) is 181 Å². The first kappa shape index (κ1) is 56.1. The van der Waals surface area contributed by atoms with Gasteiger partial charge in [-0.3, -0.25) is 0 Å². The molecule has 6 rings (SSSR count). The Balaban J connectivity index is 0.000000303. The van der Waals surface area contributed by atoms with E-state index in [2.05, 4.69) is 209 Å². The molecule has 64 heavy (non-hydrogen) atoms. The molecule has 0 saturated heterocycles. The summed E-state index contributed by atoms with van der Waals surface area (Å²) < 4.78 is 0. The van der Waals surface area contributed by atoms with E-state index in [1.165, 1.54) is 127 Å². The summed E-state index contributed by atoms with van der Waals surface area (Å²) in [5.74, 6) is 0. The van der Waals surface area contributed by atoms with Crippen LogP contribution in [0.3, 0.4) is 0 Å². The van der Waals surface area contributed by atoms with E-state index >= 15 is 0 Å². The van der Waals surface area contributed by atoms with Crippen molar-refractivity contribution in [1.29, 1.82) is 0 Å². The number of fused-ring (bicyclic) bond motifs is 2. The Morgan fingerprint density at radius 3 is 0.984 bits per heavy atom. The van der Waals surface area contributed by atoms with Gasteiger partial charge in [0.2, 0.25) is 0 Å². The monoisotopic (exact) mass is 992 g/mol. The summed E-state index contributed by atoms with van der Waals surface area (Å²) in [4.78, 5) is 0. The molecule has 0 amide bonds. The molecule has 6 aromatic rings. The molecule has 346 valence electrons. The molecule has 0 aromatic heterocycles. The zero-order valence-electron chi connectivity index (χ0n) is 43.5. The second kappa shape index (κ2) is 24.7. The van der Waals surface area contributed by atoms with Crippen LogP contribution in [0.4, 0.5) is 0 Å². The molecule has 0 aliphatic carbocycles. The van der Waals surface area contributed by atoms with E-state index in [4.69, 9.17) is 17.0 Å². The molecule has 2 radical (unpaired) electrons. The van der Waals surface area contributed by atoms with Gasteiger partial charge in [-0.1, -0.05) is 208 Å². The fourth-order valence-corrected chi connectivity index (χ4v) is 8.38. The Morgan fingerprint density at radius 2 is 0.750 bits per heavy atom. The third-order valence-electron chi connectivity index (χ3n) is 12.4. The third kappa shape index (κ3) is 15.4. The molecular formula is C60H84Cl2SiZr. The first-order valence-corrected chi connectivity index (χ1v) is 32.5. The van der Waals surface area contributed by atoms with Crippen molar-refractivity contribution >= 4 is 48.1 Å². The van der Waals surface area contributed by atoms with Gasteiger partial charge >= 0.3 is 37.9 Å². The number of hydrogen-bond acceptors (Lipinski definition) is 0. The zero-order valence-corrected chi connectivity index (χ0v) is 48.5. The maximum absolute atomic E-state index is 4.93. The van der Waals surface area contributed by atoms with Gasteiger partial charge in [0.25, 0.3) is 0 Å². The van der Waals surface area contributed by atoms with Crippen molar-refractivity contribution in [1.82, 2.24) is 0 Å². The summed E-state index contributed by atoms with van der Waals surface area (Å²) in [6, 6.07) is 33.7. The molecule has 0 saturated carbocycles. The van der Waals surface area contributed by atoms with Crippen LogP contribution in [0.15, 0.2) is 84.9 Å².